The number of hydrogen-bond donors (Lipinski definition) is 3. The molecule has 3 N–H and O–H groups in total. The Kier molecular flexibility index (Phi) is 6.27. The maximum Gasteiger partial charge on any atom is 0.304 e. The summed E-state index contributed by atoms with van der Waals surface area (Å²) in [5, 5.41) is 25.5. The zero-order valence-corrected chi connectivity index (χ0v) is 19.4. The van der Waals surface area contributed by atoms with Gasteiger partial charge in [-0.1, -0.05) is 54.4 Å². The van der Waals surface area contributed by atoms with Gasteiger partial charge in [-0.15, -0.1) is 0 Å². The Hall–Kier alpha value is -2.08. The lowest BCUT2D eigenvalue weighted by Crippen LogP contribution is -2.56. The number of carboxylic acid groups (broad SMARTS) is 1. The van der Waals surface area contributed by atoms with E-state index in [9.17, 15) is 19.8 Å². The van der Waals surface area contributed by atoms with Crippen molar-refractivity contribution in [3.63, 3.8) is 0 Å². The Morgan fingerprint density at radius 2 is 1.84 bits per heavy atom. The van der Waals surface area contributed by atoms with Crippen LogP contribution in [0.2, 0.25) is 10.0 Å². The van der Waals surface area contributed by atoms with Gasteiger partial charge in [0.15, 0.2) is 0 Å². The highest BCUT2D eigenvalue weighted by atomic mass is 35.5. The fourth-order valence-corrected chi connectivity index (χ4v) is 5.41. The topological polar surface area (TPSA) is 86.6 Å². The predicted octanol–water partition coefficient (Wildman–Crippen LogP) is 5.13. The molecule has 2 aliphatic rings. The fraction of sp³-hybridized carbons (Fsp3) is 0.440. The van der Waals surface area contributed by atoms with E-state index in [0.29, 0.717) is 22.9 Å². The molecule has 1 aliphatic carbocycles. The lowest BCUT2D eigenvalue weighted by Gasteiger charge is -2.45. The summed E-state index contributed by atoms with van der Waals surface area (Å²) in [6.07, 6.45) is 2.26. The van der Waals surface area contributed by atoms with Crippen molar-refractivity contribution < 1.29 is 19.8 Å². The van der Waals surface area contributed by atoms with Crippen molar-refractivity contribution in [2.75, 3.05) is 0 Å². The SMILES string of the molecule is CC1(CC(=O)O)CC(c2cccc(Cl)c2)C(CC(O)(c2ccc(Cl)cc2)C2CC2)NC1=O. The molecule has 5 nitrogen and oxygen atoms in total. The number of amides is 1. The van der Waals surface area contributed by atoms with Crippen molar-refractivity contribution >= 4 is 35.1 Å². The molecule has 1 saturated heterocycles. The van der Waals surface area contributed by atoms with E-state index in [4.69, 9.17) is 23.2 Å². The van der Waals surface area contributed by atoms with Crippen molar-refractivity contribution in [1.82, 2.24) is 5.32 Å². The van der Waals surface area contributed by atoms with Gasteiger partial charge in [-0.2, -0.15) is 0 Å². The molecule has 0 bridgehead atoms. The quantitative estimate of drug-likeness (QED) is 0.517. The summed E-state index contributed by atoms with van der Waals surface area (Å²) >= 11 is 12.3. The number of carbonyl (C=O) groups excluding carboxylic acids is 1. The van der Waals surface area contributed by atoms with Gasteiger partial charge in [0.05, 0.1) is 17.4 Å². The van der Waals surface area contributed by atoms with E-state index < -0.39 is 17.0 Å². The first-order valence-electron chi connectivity index (χ1n) is 10.9. The number of nitrogens with one attached hydrogen (secondary N) is 1. The number of hydrogen-bond acceptors (Lipinski definition) is 3. The summed E-state index contributed by atoms with van der Waals surface area (Å²) in [5.41, 5.74) is -0.455. The molecule has 4 rings (SSSR count). The van der Waals surface area contributed by atoms with Gasteiger partial charge in [0.25, 0.3) is 0 Å². The zero-order valence-electron chi connectivity index (χ0n) is 17.9. The van der Waals surface area contributed by atoms with Crippen LogP contribution in [0.1, 0.15) is 56.1 Å². The Morgan fingerprint density at radius 3 is 2.44 bits per heavy atom. The number of aliphatic carboxylic acids is 1. The Balaban J connectivity index is 1.70. The van der Waals surface area contributed by atoms with Crippen LogP contribution in [0, 0.1) is 11.3 Å². The molecule has 0 aromatic heterocycles. The zero-order chi connectivity index (χ0) is 23.1. The third kappa shape index (κ3) is 4.66. The third-order valence-electron chi connectivity index (χ3n) is 6.97. The van der Waals surface area contributed by atoms with E-state index in [2.05, 4.69) is 5.32 Å². The summed E-state index contributed by atoms with van der Waals surface area (Å²) in [6.45, 7) is 1.69. The van der Waals surface area contributed by atoms with E-state index in [-0.39, 0.29) is 30.2 Å². The third-order valence-corrected chi connectivity index (χ3v) is 7.45. The fourth-order valence-electron chi connectivity index (χ4n) is 5.09. The van der Waals surface area contributed by atoms with Crippen molar-refractivity contribution in [3.8, 4) is 0 Å². The minimum atomic E-state index is -1.11. The molecule has 1 amide bonds. The minimum absolute atomic E-state index is 0.105. The van der Waals surface area contributed by atoms with E-state index in [0.717, 1.165) is 24.0 Å². The van der Waals surface area contributed by atoms with Crippen LogP contribution in [0.3, 0.4) is 0 Å². The van der Waals surface area contributed by atoms with Crippen molar-refractivity contribution in [2.45, 2.75) is 56.6 Å². The van der Waals surface area contributed by atoms with Gasteiger partial charge in [0.1, 0.15) is 0 Å². The molecule has 1 heterocycles. The van der Waals surface area contributed by atoms with Gasteiger partial charge in [-0.25, -0.2) is 0 Å². The molecular formula is C25H27Cl2NO4. The molecule has 32 heavy (non-hydrogen) atoms. The summed E-state index contributed by atoms with van der Waals surface area (Å²) in [7, 11) is 0. The summed E-state index contributed by atoms with van der Waals surface area (Å²) in [5.74, 6) is -1.39. The second-order valence-corrected chi connectivity index (χ2v) is 10.4. The first-order valence-corrected chi connectivity index (χ1v) is 11.6. The van der Waals surface area contributed by atoms with Crippen LogP contribution in [-0.4, -0.2) is 28.1 Å². The number of aliphatic hydroxyl groups is 1. The van der Waals surface area contributed by atoms with Gasteiger partial charge in [-0.05, 0) is 60.6 Å². The highest BCUT2D eigenvalue weighted by Gasteiger charge is 2.51. The molecule has 2 fully saturated rings. The summed E-state index contributed by atoms with van der Waals surface area (Å²) in [4.78, 5) is 24.5. The number of benzene rings is 2. The number of rotatable bonds is 7. The molecule has 7 heteroatoms. The summed E-state index contributed by atoms with van der Waals surface area (Å²) in [6, 6.07) is 14.3. The number of halogens is 2. The van der Waals surface area contributed by atoms with Gasteiger partial charge >= 0.3 is 5.97 Å². The monoisotopic (exact) mass is 475 g/mol. The van der Waals surface area contributed by atoms with Crippen LogP contribution in [-0.2, 0) is 15.2 Å². The van der Waals surface area contributed by atoms with E-state index in [1.54, 1.807) is 25.1 Å². The van der Waals surface area contributed by atoms with Crippen molar-refractivity contribution in [3.05, 3.63) is 69.7 Å². The molecule has 2 aromatic rings. The standard InChI is InChI=1S/C25H27Cl2NO4/c1-24(14-22(29)30)12-20(15-3-2-4-19(27)11-15)21(28-23(24)31)13-25(32,16-5-6-16)17-7-9-18(26)10-8-17/h2-4,7-11,16,20-21,32H,5-6,12-14H2,1H3,(H,28,31)(H,29,30). The molecule has 0 spiro atoms. The predicted molar refractivity (Wildman–Crippen MR) is 124 cm³/mol. The molecule has 1 aliphatic heterocycles. The molecule has 4 atom stereocenters. The number of carboxylic acids is 1. The maximum absolute atomic E-state index is 13.1. The van der Waals surface area contributed by atoms with Crippen LogP contribution in [0.25, 0.3) is 0 Å². The number of carbonyl (C=O) groups is 2. The van der Waals surface area contributed by atoms with Crippen LogP contribution < -0.4 is 5.32 Å². The molecule has 4 unspecified atom stereocenters. The highest BCUT2D eigenvalue weighted by Crippen LogP contribution is 2.51. The lowest BCUT2D eigenvalue weighted by molar-refractivity contribution is -0.148. The van der Waals surface area contributed by atoms with Gasteiger partial charge < -0.3 is 15.5 Å². The van der Waals surface area contributed by atoms with E-state index in [1.807, 2.05) is 30.3 Å². The first-order chi connectivity index (χ1) is 15.1. The van der Waals surface area contributed by atoms with Gasteiger partial charge in [0.2, 0.25) is 5.91 Å². The number of piperidine rings is 1. The Bertz CT molecular complexity index is 1020. The lowest BCUT2D eigenvalue weighted by atomic mass is 9.67. The second kappa shape index (κ2) is 8.69. The second-order valence-electron chi connectivity index (χ2n) is 9.49. The van der Waals surface area contributed by atoms with Crippen molar-refractivity contribution in [2.24, 2.45) is 11.3 Å². The van der Waals surface area contributed by atoms with Gasteiger partial charge in [0, 0.05) is 28.4 Å². The molecule has 2 aromatic carbocycles. The van der Waals surface area contributed by atoms with Crippen molar-refractivity contribution in [1.29, 1.82) is 0 Å². The summed E-state index contributed by atoms with van der Waals surface area (Å²) < 4.78 is 0. The molecule has 1 saturated carbocycles. The first kappa shape index (κ1) is 23.1. The maximum atomic E-state index is 13.1. The Morgan fingerprint density at radius 1 is 1.16 bits per heavy atom. The molecule has 170 valence electrons. The largest absolute Gasteiger partial charge is 0.481 e. The van der Waals surface area contributed by atoms with Crippen LogP contribution in [0.4, 0.5) is 0 Å². The van der Waals surface area contributed by atoms with Gasteiger partial charge in [-0.3, -0.25) is 9.59 Å². The average Bonchev–Trinajstić information content (AvgIpc) is 3.56. The van der Waals surface area contributed by atoms with Crippen LogP contribution >= 0.6 is 23.2 Å². The molecule has 0 radical (unpaired) electrons. The Labute approximate surface area is 197 Å². The minimum Gasteiger partial charge on any atom is -0.481 e. The van der Waals surface area contributed by atoms with E-state index >= 15 is 0 Å². The molecular weight excluding hydrogens is 449 g/mol. The van der Waals surface area contributed by atoms with Crippen LogP contribution in [0.15, 0.2) is 48.5 Å². The smallest absolute Gasteiger partial charge is 0.304 e. The highest BCUT2D eigenvalue weighted by molar-refractivity contribution is 6.30. The average molecular weight is 476 g/mol. The van der Waals surface area contributed by atoms with E-state index in [1.165, 1.54) is 0 Å². The van der Waals surface area contributed by atoms with Crippen LogP contribution in [0.5, 0.6) is 0 Å². The normalized spacial score (nSPS) is 27.4.